The molecule has 3 N–H and O–H groups in total. The molecule has 3 aromatic rings. The number of sulfonamides is 1. The van der Waals surface area contributed by atoms with Crippen molar-refractivity contribution in [3.63, 3.8) is 0 Å². The molecule has 0 bridgehead atoms. The molecule has 0 fully saturated rings. The minimum Gasteiger partial charge on any atom is -0.497 e. The third kappa shape index (κ3) is 6.94. The zero-order chi connectivity index (χ0) is 25.7. The normalized spacial score (nSPS) is 11.2. The van der Waals surface area contributed by atoms with Crippen LogP contribution in [0.2, 0.25) is 0 Å². The molecule has 2 aromatic heterocycles. The van der Waals surface area contributed by atoms with Gasteiger partial charge >= 0.3 is 12.1 Å². The number of nitrogens with zero attached hydrogens (tertiary/aromatic N) is 1. The molecule has 34 heavy (non-hydrogen) atoms. The van der Waals surface area contributed by atoms with E-state index < -0.39 is 28.1 Å². The average Bonchev–Trinajstić information content (AvgIpc) is 3.37. The molecule has 0 aliphatic heterocycles. The lowest BCUT2D eigenvalue weighted by molar-refractivity contribution is -0.192. The smallest absolute Gasteiger partial charge is 0.490 e. The maximum absolute atomic E-state index is 12.7. The fourth-order valence-corrected chi connectivity index (χ4v) is 4.86. The number of aryl methyl sites for hydroxylation is 1. The summed E-state index contributed by atoms with van der Waals surface area (Å²) in [5, 5.41) is 15.0. The van der Waals surface area contributed by atoms with Crippen molar-refractivity contribution in [3.8, 4) is 5.75 Å². The van der Waals surface area contributed by atoms with Gasteiger partial charge in [0.1, 0.15) is 20.0 Å². The molecule has 0 saturated carbocycles. The lowest BCUT2D eigenvalue weighted by Crippen LogP contribution is -2.21. The van der Waals surface area contributed by atoms with Crippen LogP contribution in [0.4, 0.5) is 24.7 Å². The van der Waals surface area contributed by atoms with Crippen LogP contribution in [-0.2, 0) is 14.8 Å². The summed E-state index contributed by atoms with van der Waals surface area (Å²) in [4.78, 5) is 21.4. The zero-order valence-electron chi connectivity index (χ0n) is 17.1. The van der Waals surface area contributed by atoms with Crippen LogP contribution >= 0.6 is 27.3 Å². The monoisotopic (exact) mass is 585 g/mol. The third-order valence-corrected chi connectivity index (χ3v) is 7.06. The van der Waals surface area contributed by atoms with Crippen molar-refractivity contribution in [2.45, 2.75) is 18.0 Å². The summed E-state index contributed by atoms with van der Waals surface area (Å²) in [6.07, 6.45) is -5.08. The van der Waals surface area contributed by atoms with Crippen molar-refractivity contribution < 1.29 is 45.5 Å². The van der Waals surface area contributed by atoms with Gasteiger partial charge in [-0.2, -0.15) is 13.2 Å². The predicted octanol–water partition coefficient (Wildman–Crippen LogP) is 4.50. The highest BCUT2D eigenvalue weighted by atomic mass is 79.9. The Labute approximate surface area is 202 Å². The number of aliphatic carboxylic acids is 1. The van der Waals surface area contributed by atoms with Gasteiger partial charge in [0.25, 0.3) is 21.8 Å². The maximum atomic E-state index is 12.7. The van der Waals surface area contributed by atoms with E-state index in [0.29, 0.717) is 21.6 Å². The van der Waals surface area contributed by atoms with Crippen LogP contribution in [0.1, 0.15) is 15.4 Å². The molecule has 0 radical (unpaired) electrons. The number of benzene rings is 1. The number of alkyl halides is 3. The van der Waals surface area contributed by atoms with Gasteiger partial charge in [0.15, 0.2) is 0 Å². The molecule has 10 nitrogen and oxygen atoms in total. The maximum Gasteiger partial charge on any atom is 0.490 e. The minimum absolute atomic E-state index is 0.0395. The van der Waals surface area contributed by atoms with Crippen LogP contribution < -0.4 is 14.8 Å². The van der Waals surface area contributed by atoms with E-state index in [1.165, 1.54) is 18.6 Å². The number of carbonyl (C=O) groups is 2. The summed E-state index contributed by atoms with van der Waals surface area (Å²) in [5.41, 5.74) is 0.978. The van der Waals surface area contributed by atoms with Crippen molar-refractivity contribution in [2.24, 2.45) is 0 Å². The number of ether oxygens (including phenoxy) is 1. The van der Waals surface area contributed by atoms with Gasteiger partial charge in [-0.3, -0.25) is 4.79 Å². The number of carboxylic acid groups (broad SMARTS) is 1. The van der Waals surface area contributed by atoms with Gasteiger partial charge in [0.2, 0.25) is 0 Å². The Morgan fingerprint density at radius 3 is 2.44 bits per heavy atom. The molecule has 2 heterocycles. The van der Waals surface area contributed by atoms with E-state index in [1.54, 1.807) is 31.2 Å². The molecule has 184 valence electrons. The van der Waals surface area contributed by atoms with Gasteiger partial charge in [-0.25, -0.2) is 17.9 Å². The first-order valence-corrected chi connectivity index (χ1v) is 11.9. The second kappa shape index (κ2) is 10.9. The molecular weight excluding hydrogens is 571 g/mol. The number of thiophene rings is 1. The zero-order valence-corrected chi connectivity index (χ0v) is 20.4. The lowest BCUT2D eigenvalue weighted by atomic mass is 10.3. The highest BCUT2D eigenvalue weighted by Crippen LogP contribution is 2.30. The lowest BCUT2D eigenvalue weighted by Gasteiger charge is -2.08. The number of anilines is 2. The van der Waals surface area contributed by atoms with Crippen LogP contribution in [0, 0.1) is 6.92 Å². The number of hydrogen-bond donors (Lipinski definition) is 3. The number of amides is 1. The van der Waals surface area contributed by atoms with Crippen LogP contribution in [0.5, 0.6) is 5.75 Å². The second-order valence-electron chi connectivity index (χ2n) is 6.12. The van der Waals surface area contributed by atoms with Crippen molar-refractivity contribution >= 4 is 60.7 Å². The molecule has 16 heteroatoms. The van der Waals surface area contributed by atoms with Gasteiger partial charge in [-0.05, 0) is 46.4 Å². The Hall–Kier alpha value is -3.11. The van der Waals surface area contributed by atoms with Crippen molar-refractivity contribution in [2.75, 3.05) is 17.1 Å². The average molecular weight is 586 g/mol. The Balaban J connectivity index is 0.000000509. The summed E-state index contributed by atoms with van der Waals surface area (Å²) < 4.78 is 69.9. The van der Waals surface area contributed by atoms with E-state index in [4.69, 9.17) is 19.2 Å². The number of halogens is 4. The minimum atomic E-state index is -5.08. The molecule has 0 aliphatic carbocycles. The van der Waals surface area contributed by atoms with E-state index in [-0.39, 0.29) is 15.7 Å². The number of rotatable bonds is 6. The fraction of sp³-hybridized carbons (Fsp3) is 0.167. The quantitative estimate of drug-likeness (QED) is 0.383. The summed E-state index contributed by atoms with van der Waals surface area (Å²) in [6.45, 7) is 1.66. The van der Waals surface area contributed by atoms with Gasteiger partial charge in [-0.15, -0.1) is 11.3 Å². The molecule has 0 atom stereocenters. The van der Waals surface area contributed by atoms with Gasteiger partial charge < -0.3 is 19.7 Å². The number of aromatic nitrogens is 1. The molecule has 1 amide bonds. The highest BCUT2D eigenvalue weighted by Gasteiger charge is 2.38. The molecule has 0 saturated heterocycles. The number of carboxylic acids is 1. The van der Waals surface area contributed by atoms with E-state index in [0.717, 1.165) is 11.3 Å². The van der Waals surface area contributed by atoms with Gasteiger partial charge in [-0.1, -0.05) is 11.2 Å². The molecule has 1 aromatic carbocycles. The largest absolute Gasteiger partial charge is 0.497 e. The first kappa shape index (κ1) is 27.1. The summed E-state index contributed by atoms with van der Waals surface area (Å²) in [6, 6.07) is 8.11. The molecule has 3 rings (SSSR count). The third-order valence-electron chi connectivity index (χ3n) is 3.71. The molecule has 0 unspecified atom stereocenters. The van der Waals surface area contributed by atoms with Gasteiger partial charge in [0.05, 0.1) is 12.8 Å². The van der Waals surface area contributed by atoms with E-state index >= 15 is 0 Å². The second-order valence-corrected chi connectivity index (χ2v) is 9.48. The standard InChI is InChI=1S/C16H14BrN3O5S2.C2HF3O2/c1-9-13(17)16(25-19-9)20-27(22,23)12-6-7-26-14(12)15(21)18-10-4-3-5-11(8-10)24-2;3-2(4,5)1(6)7/h3-8,20H,1-2H3,(H,18,21);(H,6,7). The predicted molar refractivity (Wildman–Crippen MR) is 119 cm³/mol. The van der Waals surface area contributed by atoms with E-state index in [2.05, 4.69) is 31.1 Å². The SMILES string of the molecule is COc1cccc(NC(=O)c2sccc2S(=O)(=O)Nc2onc(C)c2Br)c1.O=C(O)C(F)(F)F. The highest BCUT2D eigenvalue weighted by molar-refractivity contribution is 9.10. The van der Waals surface area contributed by atoms with Gasteiger partial charge in [0, 0.05) is 11.8 Å². The van der Waals surface area contributed by atoms with Crippen LogP contribution in [-0.4, -0.2) is 43.8 Å². The van der Waals surface area contributed by atoms with E-state index in [9.17, 15) is 26.4 Å². The molecular formula is C18H15BrF3N3O7S2. The fourth-order valence-electron chi connectivity index (χ4n) is 2.16. The van der Waals surface area contributed by atoms with Crippen molar-refractivity contribution in [1.29, 1.82) is 0 Å². The van der Waals surface area contributed by atoms with Crippen LogP contribution in [0.3, 0.4) is 0 Å². The number of methoxy groups -OCH3 is 1. The topological polar surface area (TPSA) is 148 Å². The summed E-state index contributed by atoms with van der Waals surface area (Å²) >= 11 is 4.21. The van der Waals surface area contributed by atoms with Crippen LogP contribution in [0.25, 0.3) is 0 Å². The van der Waals surface area contributed by atoms with Crippen LogP contribution in [0.15, 0.2) is 49.6 Å². The Kier molecular flexibility index (Phi) is 8.68. The molecule has 0 aliphatic rings. The summed E-state index contributed by atoms with van der Waals surface area (Å²) in [5.74, 6) is -2.80. The van der Waals surface area contributed by atoms with E-state index in [1.807, 2.05) is 0 Å². The molecule has 0 spiro atoms. The Bertz CT molecular complexity index is 1290. The number of carbonyl (C=O) groups excluding carboxylic acids is 1. The first-order chi connectivity index (χ1) is 15.8. The van der Waals surface area contributed by atoms with Crippen molar-refractivity contribution in [3.05, 3.63) is 50.8 Å². The van der Waals surface area contributed by atoms with Crippen molar-refractivity contribution in [1.82, 2.24) is 5.16 Å². The summed E-state index contributed by atoms with van der Waals surface area (Å²) in [7, 11) is -2.54. The number of nitrogens with one attached hydrogen (secondary N) is 2. The Morgan fingerprint density at radius 1 is 1.26 bits per heavy atom. The Morgan fingerprint density at radius 2 is 1.91 bits per heavy atom. The first-order valence-electron chi connectivity index (χ1n) is 8.74. The number of hydrogen-bond acceptors (Lipinski definition) is 8.